The Morgan fingerprint density at radius 3 is 0.879 bits per heavy atom. The molecule has 6 aliphatic rings. The van der Waals surface area contributed by atoms with Crippen molar-refractivity contribution >= 4 is 34.1 Å². The summed E-state index contributed by atoms with van der Waals surface area (Å²) in [5.41, 5.74) is -0.203. The van der Waals surface area contributed by atoms with Gasteiger partial charge in [-0.25, -0.2) is 105 Å². The van der Waals surface area contributed by atoms with Crippen LogP contribution >= 0.6 is 0 Å². The van der Waals surface area contributed by atoms with E-state index in [9.17, 15) is 132 Å². The maximum atomic E-state index is 13.8. The Balaban J connectivity index is 0.000000135. The molecule has 0 aliphatic carbocycles. The van der Waals surface area contributed by atoms with Gasteiger partial charge in [-0.2, -0.15) is 26.3 Å². The first-order valence-corrected chi connectivity index (χ1v) is 38.3. The molecule has 0 N–H and O–H groups in total. The second-order valence-electron chi connectivity index (χ2n) is 30.3. The van der Waals surface area contributed by atoms with Gasteiger partial charge in [0.25, 0.3) is 0 Å². The largest absolute Gasteiger partial charge is 0.473 e. The van der Waals surface area contributed by atoms with Gasteiger partial charge in [0.05, 0.1) is 77.4 Å². The molecule has 0 atom stereocenters. The van der Waals surface area contributed by atoms with Crippen LogP contribution in [0.3, 0.4) is 0 Å². The Bertz CT molecular complexity index is 6230. The predicted octanol–water partition coefficient (Wildman–Crippen LogP) is 24.9. The minimum absolute atomic E-state index is 0.0221. The van der Waals surface area contributed by atoms with E-state index in [1.807, 2.05) is 11.0 Å². The lowest BCUT2D eigenvalue weighted by atomic mass is 9.86. The van der Waals surface area contributed by atoms with Gasteiger partial charge in [0.15, 0.2) is 163 Å². The van der Waals surface area contributed by atoms with E-state index in [-0.39, 0.29) is 138 Å². The third kappa shape index (κ3) is 21.1. The number of benzene rings is 12. The fraction of sp³-hybridized carbons (Fsp3) is 0.200. The quantitative estimate of drug-likeness (QED) is 0.118. The van der Waals surface area contributed by atoms with Crippen molar-refractivity contribution in [1.29, 1.82) is 0 Å². The lowest BCUT2D eigenvalue weighted by molar-refractivity contribution is -0.138. The topological polar surface area (TPSA) is 74.8 Å². The molecule has 0 saturated heterocycles. The van der Waals surface area contributed by atoms with Crippen molar-refractivity contribution in [2.45, 2.75) is 77.8 Å². The van der Waals surface area contributed by atoms with E-state index in [0.29, 0.717) is 43.2 Å². The molecule has 12 aromatic carbocycles. The van der Waals surface area contributed by atoms with Crippen LogP contribution in [0.2, 0.25) is 0 Å². The van der Waals surface area contributed by atoms with E-state index >= 15 is 0 Å². The van der Waals surface area contributed by atoms with E-state index in [2.05, 4.69) is 32.9 Å². The van der Waals surface area contributed by atoms with Gasteiger partial charge in [-0.05, 0) is 95.9 Å². The molecule has 0 fully saturated rings. The highest BCUT2D eigenvalue weighted by Crippen LogP contribution is 2.43. The van der Waals surface area contributed by atoms with Crippen molar-refractivity contribution in [3.8, 4) is 34.5 Å². The average Bonchev–Trinajstić information content (AvgIpc) is 0.787. The molecule has 0 unspecified atom stereocenters. The summed E-state index contributed by atoms with van der Waals surface area (Å²) < 4.78 is 428. The summed E-state index contributed by atoms with van der Waals surface area (Å²) in [6.07, 6.45) is -9.05. The first-order chi connectivity index (χ1) is 62.2. The minimum Gasteiger partial charge on any atom is -0.473 e. The van der Waals surface area contributed by atoms with Gasteiger partial charge in [0, 0.05) is 95.5 Å². The molecular weight excluding hydrogens is 1830 g/mol. The lowest BCUT2D eigenvalue weighted by Crippen LogP contribution is -2.34. The minimum atomic E-state index is -4.52. The first kappa shape index (κ1) is 95.7. The Kier molecular flexibility index (Phi) is 28.0. The highest BCUT2D eigenvalue weighted by atomic mass is 19.4. The van der Waals surface area contributed by atoms with Crippen molar-refractivity contribution in [1.82, 2.24) is 0 Å². The van der Waals surface area contributed by atoms with E-state index in [1.54, 1.807) is 6.07 Å². The van der Waals surface area contributed by atoms with Crippen molar-refractivity contribution in [3.63, 3.8) is 0 Å². The fourth-order valence-electron chi connectivity index (χ4n) is 13.7. The lowest BCUT2D eigenvalue weighted by Gasteiger charge is -2.32. The molecule has 0 amide bonds. The van der Waals surface area contributed by atoms with Crippen LogP contribution < -0.4 is 57.8 Å². The van der Waals surface area contributed by atoms with Gasteiger partial charge in [-0.1, -0.05) is 39.0 Å². The zero-order chi connectivity index (χ0) is 95.8. The molecule has 132 heavy (non-hydrogen) atoms. The monoisotopic (exact) mass is 1890 g/mol. The third-order valence-electron chi connectivity index (χ3n) is 20.6. The Morgan fingerprint density at radius 1 is 0.227 bits per heavy atom. The van der Waals surface area contributed by atoms with Crippen LogP contribution in [0.4, 0.5) is 166 Å². The van der Waals surface area contributed by atoms with Gasteiger partial charge in [0.1, 0.15) is 57.6 Å². The number of rotatable bonds is 6. The van der Waals surface area contributed by atoms with Crippen LogP contribution in [0.1, 0.15) is 70.8 Å². The molecule has 42 heteroatoms. The van der Waals surface area contributed by atoms with Gasteiger partial charge >= 0.3 is 12.4 Å². The van der Waals surface area contributed by atoms with Crippen molar-refractivity contribution in [2.75, 3.05) is 69.8 Å². The summed E-state index contributed by atoms with van der Waals surface area (Å²) in [5, 5.41) is 0. The van der Waals surface area contributed by atoms with Gasteiger partial charge in [0.2, 0.25) is 0 Å². The highest BCUT2D eigenvalue weighted by Gasteiger charge is 2.37. The molecule has 6 aliphatic heterocycles. The average molecular weight is 1890 g/mol. The number of hydrogen-bond donors (Lipinski definition) is 0. The Morgan fingerprint density at radius 2 is 0.538 bits per heavy atom. The molecular formula is C90H60F30N6O6. The summed E-state index contributed by atoms with van der Waals surface area (Å²) in [6, 6.07) is 29.4. The van der Waals surface area contributed by atoms with E-state index < -0.39 is 182 Å². The van der Waals surface area contributed by atoms with Crippen LogP contribution in [0.5, 0.6) is 34.5 Å². The molecule has 0 radical (unpaired) electrons. The van der Waals surface area contributed by atoms with Crippen LogP contribution in [0.25, 0.3) is 0 Å². The Hall–Kier alpha value is -13.9. The number of halogens is 30. The van der Waals surface area contributed by atoms with Crippen molar-refractivity contribution in [2.24, 2.45) is 0 Å². The van der Waals surface area contributed by atoms with Gasteiger partial charge in [-0.15, -0.1) is 0 Å². The van der Waals surface area contributed by atoms with Crippen LogP contribution in [0, 0.1) is 140 Å². The number of alkyl halides is 6. The van der Waals surface area contributed by atoms with E-state index in [1.165, 1.54) is 61.6 Å². The predicted molar refractivity (Wildman–Crippen MR) is 415 cm³/mol. The number of hydrogen-bond acceptors (Lipinski definition) is 12. The van der Waals surface area contributed by atoms with Gasteiger partial charge < -0.3 is 57.8 Å². The Labute approximate surface area is 727 Å². The fourth-order valence-corrected chi connectivity index (χ4v) is 13.7. The van der Waals surface area contributed by atoms with E-state index in [0.717, 1.165) is 95.1 Å². The standard InChI is InChI=1S/C18H19F2NO.2C15H9F6NO.C14H7F6NO.2C14H8F5NO/c1-18(2,3)13-4-7-17-12(8-13)10-21(11-22-17)14-5-6-15(19)16(20)9-14;2*16-11-5-12-10(13(17)14(11)18)6-22(7-23-12)9-3-1-2-8(4-9)15(19,20)21;15-6-1-9(17)14(10(18)2-6)21-4-7-11(22-5-21)3-8(16)13(20)12(7)19;15-7-1-2-11(9(16)3-7)20-5-8-12(21-6-20)4-10(17)14(19)13(8)18;15-9-2-1-7(3-10(9)16)20-5-8-12(21-6-20)4-11(17)14(19)13(8)18/h4-9H,10-11H2,1-3H3;2*1-5H,6-7H2;1-3H,4-5H2;2*1-4H,5-6H2. The highest BCUT2D eigenvalue weighted by molar-refractivity contribution is 5.59. The van der Waals surface area contributed by atoms with Crippen LogP contribution in [0.15, 0.2) is 164 Å². The third-order valence-corrected chi connectivity index (χ3v) is 20.6. The summed E-state index contributed by atoms with van der Waals surface area (Å²) in [5.74, 6) is -31.0. The number of nitrogens with zero attached hydrogens (tertiary/aromatic N) is 6. The maximum absolute atomic E-state index is 13.8. The summed E-state index contributed by atoms with van der Waals surface area (Å²) in [6.45, 7) is 4.94. The zero-order valence-corrected chi connectivity index (χ0v) is 67.5. The number of fused-ring (bicyclic) bond motifs is 6. The molecule has 696 valence electrons. The molecule has 6 heterocycles. The first-order valence-electron chi connectivity index (χ1n) is 38.3. The zero-order valence-electron chi connectivity index (χ0n) is 67.5. The molecule has 12 aromatic rings. The van der Waals surface area contributed by atoms with E-state index in [4.69, 9.17) is 28.4 Å². The summed E-state index contributed by atoms with van der Waals surface area (Å²) in [4.78, 5) is 7.99. The summed E-state index contributed by atoms with van der Waals surface area (Å²) in [7, 11) is 0. The molecule has 0 spiro atoms. The molecule has 12 nitrogen and oxygen atoms in total. The SMILES string of the molecule is CC(C)(C)c1ccc2c(c1)CN(c1ccc(F)c(F)c1)CO2.Fc1cc(F)c(N2COc3cc(F)c(F)c(F)c3C2)c(F)c1.Fc1cc2c(c(F)c1F)CN(c1cccc(C(F)(F)F)c1)CO2.Fc1cc2c(c(F)c1F)CN(c1cccc(C(F)(F)F)c1)CO2.Fc1ccc(N2COc3cc(F)c(F)c(F)c3C2)c(F)c1.Fc1ccc(N2COc3cc(F)c(F)c(F)c3C2)cc1F. The van der Waals surface area contributed by atoms with Crippen LogP contribution in [-0.4, -0.2) is 40.4 Å². The smallest absolute Gasteiger partial charge is 0.416 e. The molecule has 18 rings (SSSR count). The second-order valence-corrected chi connectivity index (χ2v) is 30.3. The maximum Gasteiger partial charge on any atom is 0.416 e. The number of anilines is 6. The normalized spacial score (nSPS) is 14.2. The number of ether oxygens (including phenoxy) is 6. The molecule has 0 bridgehead atoms. The molecule has 0 aromatic heterocycles. The van der Waals surface area contributed by atoms with Gasteiger partial charge in [-0.3, -0.25) is 0 Å². The molecule has 0 saturated carbocycles. The van der Waals surface area contributed by atoms with Crippen molar-refractivity contribution in [3.05, 3.63) is 353 Å². The van der Waals surface area contributed by atoms with Crippen LogP contribution in [-0.2, 0) is 57.0 Å². The van der Waals surface area contributed by atoms with Crippen molar-refractivity contribution < 1.29 is 160 Å². The summed E-state index contributed by atoms with van der Waals surface area (Å²) >= 11 is 0. The second kappa shape index (κ2) is 38.7.